The second-order valence-electron chi connectivity index (χ2n) is 1.90. The first-order chi connectivity index (χ1) is 3.68. The first-order valence-electron chi connectivity index (χ1n) is 2.22. The molecule has 0 aromatic carbocycles. The lowest BCUT2D eigenvalue weighted by Gasteiger charge is -2.18. The van der Waals surface area contributed by atoms with Crippen molar-refractivity contribution >= 4 is 31.9 Å². The summed E-state index contributed by atoms with van der Waals surface area (Å²) >= 11 is 6.32. The molecule has 0 aliphatic heterocycles. The minimum atomic E-state index is -0.458. The minimum Gasteiger partial charge on any atom is -0.250 e. The molecule has 0 aromatic heterocycles. The van der Waals surface area contributed by atoms with Crippen LogP contribution in [-0.2, 0) is 0 Å². The summed E-state index contributed by atoms with van der Waals surface area (Å²) in [5.41, 5.74) is -0.458. The van der Waals surface area contributed by atoms with Crippen molar-refractivity contribution in [1.82, 2.24) is 0 Å². The van der Waals surface area contributed by atoms with Crippen molar-refractivity contribution in [3.63, 3.8) is 0 Å². The zero-order chi connectivity index (χ0) is 6.62. The Labute approximate surface area is 66.1 Å². The van der Waals surface area contributed by atoms with Gasteiger partial charge in [-0.3, -0.25) is 4.39 Å². The largest absolute Gasteiger partial charge is 0.250 e. The molecule has 0 saturated heterocycles. The Balaban J connectivity index is 3.58. The molecular formula is C5H8Br2F. The average molecular weight is 247 g/mol. The second-order valence-corrected chi connectivity index (χ2v) is 3.02. The zero-order valence-electron chi connectivity index (χ0n) is 4.46. The highest BCUT2D eigenvalue weighted by Crippen LogP contribution is 2.21. The normalized spacial score (nSPS) is 12.0. The van der Waals surface area contributed by atoms with Gasteiger partial charge in [0.15, 0.2) is 0 Å². The quantitative estimate of drug-likeness (QED) is 0.672. The van der Waals surface area contributed by atoms with E-state index < -0.39 is 5.41 Å². The highest BCUT2D eigenvalue weighted by atomic mass is 79.9. The molecule has 0 heterocycles. The van der Waals surface area contributed by atoms with Gasteiger partial charge in [0.25, 0.3) is 0 Å². The summed E-state index contributed by atoms with van der Waals surface area (Å²) in [5, 5.41) is 1.20. The predicted molar refractivity (Wildman–Crippen MR) is 41.4 cm³/mol. The van der Waals surface area contributed by atoms with Crippen LogP contribution in [-0.4, -0.2) is 17.3 Å². The standard InChI is InChI=1S/C5H8Br2F/c1-5(2-6,3-7)4-8/h1-4H2. The lowest BCUT2D eigenvalue weighted by Crippen LogP contribution is -2.22. The fourth-order valence-corrected chi connectivity index (χ4v) is 1.34. The molecule has 0 bridgehead atoms. The molecule has 0 unspecified atom stereocenters. The van der Waals surface area contributed by atoms with E-state index in [1.807, 2.05) is 0 Å². The van der Waals surface area contributed by atoms with Crippen molar-refractivity contribution in [2.75, 3.05) is 17.3 Å². The monoisotopic (exact) mass is 245 g/mol. The fourth-order valence-electron chi connectivity index (χ4n) is 0.107. The van der Waals surface area contributed by atoms with Crippen LogP contribution in [0.2, 0.25) is 0 Å². The first kappa shape index (κ1) is 8.89. The lowest BCUT2D eigenvalue weighted by atomic mass is 9.99. The van der Waals surface area contributed by atoms with E-state index in [1.165, 1.54) is 0 Å². The Bertz CT molecular complexity index is 53.2. The third-order valence-electron chi connectivity index (χ3n) is 0.850. The lowest BCUT2D eigenvalue weighted by molar-refractivity contribution is 0.335. The molecule has 1 radical (unpaired) electrons. The Morgan fingerprint density at radius 2 is 1.75 bits per heavy atom. The van der Waals surface area contributed by atoms with Gasteiger partial charge in [0, 0.05) is 16.1 Å². The number of rotatable bonds is 3. The van der Waals surface area contributed by atoms with E-state index in [9.17, 15) is 4.39 Å². The summed E-state index contributed by atoms with van der Waals surface area (Å²) < 4.78 is 11.9. The number of hydrogen-bond donors (Lipinski definition) is 0. The summed E-state index contributed by atoms with van der Waals surface area (Å²) in [6.07, 6.45) is 0. The minimum absolute atomic E-state index is 0.385. The molecule has 0 spiro atoms. The van der Waals surface area contributed by atoms with E-state index >= 15 is 0 Å². The Kier molecular flexibility index (Phi) is 4.26. The predicted octanol–water partition coefficient (Wildman–Crippen LogP) is 2.57. The van der Waals surface area contributed by atoms with Crippen LogP contribution < -0.4 is 0 Å². The van der Waals surface area contributed by atoms with E-state index in [0.717, 1.165) is 0 Å². The maximum atomic E-state index is 11.9. The van der Waals surface area contributed by atoms with E-state index in [0.29, 0.717) is 10.7 Å². The van der Waals surface area contributed by atoms with Crippen LogP contribution in [0.15, 0.2) is 0 Å². The van der Waals surface area contributed by atoms with Crippen molar-refractivity contribution < 1.29 is 4.39 Å². The second kappa shape index (κ2) is 3.83. The number of alkyl halides is 3. The zero-order valence-corrected chi connectivity index (χ0v) is 7.63. The van der Waals surface area contributed by atoms with Crippen LogP contribution in [0.5, 0.6) is 0 Å². The van der Waals surface area contributed by atoms with Gasteiger partial charge in [-0.25, -0.2) is 0 Å². The molecule has 0 fully saturated rings. The highest BCUT2D eigenvalue weighted by Gasteiger charge is 2.20. The molecule has 0 aromatic rings. The Morgan fingerprint density at radius 1 is 1.38 bits per heavy atom. The summed E-state index contributed by atoms with van der Waals surface area (Å²) in [4.78, 5) is 0. The highest BCUT2D eigenvalue weighted by molar-refractivity contribution is 9.09. The number of hydrogen-bond acceptors (Lipinski definition) is 0. The van der Waals surface area contributed by atoms with Crippen LogP contribution in [0.25, 0.3) is 0 Å². The Morgan fingerprint density at radius 3 is 1.75 bits per heavy atom. The Hall–Kier alpha value is 0.890. The maximum Gasteiger partial charge on any atom is 0.0966 e. The third-order valence-corrected chi connectivity index (χ3v) is 3.23. The molecule has 0 nitrogen and oxygen atoms in total. The van der Waals surface area contributed by atoms with Crippen molar-refractivity contribution in [3.8, 4) is 0 Å². The fraction of sp³-hybridized carbons (Fsp3) is 0.800. The maximum absolute atomic E-state index is 11.9. The van der Waals surface area contributed by atoms with Crippen molar-refractivity contribution in [2.45, 2.75) is 0 Å². The summed E-state index contributed by atoms with van der Waals surface area (Å²) in [6, 6.07) is 0. The van der Waals surface area contributed by atoms with Gasteiger partial charge in [0.2, 0.25) is 0 Å². The van der Waals surface area contributed by atoms with Gasteiger partial charge in [-0.15, -0.1) is 0 Å². The summed E-state index contributed by atoms with van der Waals surface area (Å²) in [6.45, 7) is 3.27. The van der Waals surface area contributed by atoms with Gasteiger partial charge in [0.1, 0.15) is 0 Å². The SMILES string of the molecule is [CH2]C(CF)(CBr)CBr. The molecule has 0 N–H and O–H groups in total. The first-order valence-corrected chi connectivity index (χ1v) is 4.46. The van der Waals surface area contributed by atoms with Crippen molar-refractivity contribution in [2.24, 2.45) is 5.41 Å². The molecule has 8 heavy (non-hydrogen) atoms. The topological polar surface area (TPSA) is 0 Å². The van der Waals surface area contributed by atoms with E-state index in [1.54, 1.807) is 0 Å². The van der Waals surface area contributed by atoms with Gasteiger partial charge in [-0.1, -0.05) is 31.9 Å². The summed E-state index contributed by atoms with van der Waals surface area (Å²) in [5.74, 6) is 0. The van der Waals surface area contributed by atoms with E-state index in [4.69, 9.17) is 0 Å². The molecular weight excluding hydrogens is 239 g/mol. The van der Waals surface area contributed by atoms with Gasteiger partial charge in [-0.05, 0) is 6.92 Å². The smallest absolute Gasteiger partial charge is 0.0966 e. The van der Waals surface area contributed by atoms with Gasteiger partial charge >= 0.3 is 0 Å². The molecule has 3 heteroatoms. The van der Waals surface area contributed by atoms with E-state index in [-0.39, 0.29) is 6.67 Å². The molecule has 0 rings (SSSR count). The van der Waals surface area contributed by atoms with Crippen molar-refractivity contribution in [3.05, 3.63) is 6.92 Å². The molecule has 0 amide bonds. The molecule has 49 valence electrons. The van der Waals surface area contributed by atoms with Gasteiger partial charge < -0.3 is 0 Å². The third kappa shape index (κ3) is 2.44. The average Bonchev–Trinajstić information content (AvgIpc) is 1.87. The van der Waals surface area contributed by atoms with Crippen LogP contribution in [0, 0.1) is 12.3 Å². The van der Waals surface area contributed by atoms with Crippen LogP contribution in [0.4, 0.5) is 4.39 Å². The molecule has 0 aliphatic rings. The molecule has 0 saturated carbocycles. The van der Waals surface area contributed by atoms with Crippen molar-refractivity contribution in [1.29, 1.82) is 0 Å². The summed E-state index contributed by atoms with van der Waals surface area (Å²) in [7, 11) is 0. The molecule has 0 atom stereocenters. The van der Waals surface area contributed by atoms with Crippen LogP contribution in [0.1, 0.15) is 0 Å². The van der Waals surface area contributed by atoms with Gasteiger partial charge in [0.05, 0.1) is 6.67 Å². The van der Waals surface area contributed by atoms with Gasteiger partial charge in [-0.2, -0.15) is 0 Å². The van der Waals surface area contributed by atoms with Crippen LogP contribution in [0.3, 0.4) is 0 Å². The van der Waals surface area contributed by atoms with Crippen LogP contribution >= 0.6 is 31.9 Å². The number of halogens is 3. The molecule has 0 aliphatic carbocycles. The van der Waals surface area contributed by atoms with E-state index in [2.05, 4.69) is 38.8 Å².